The number of rotatable bonds is 6. The van der Waals surface area contributed by atoms with Crippen LogP contribution in [0, 0.1) is 0 Å². The molecule has 0 rings (SSSR count). The topological polar surface area (TPSA) is 35.5 Å². The summed E-state index contributed by atoms with van der Waals surface area (Å²) in [4.78, 5) is 10.9. The van der Waals surface area contributed by atoms with Crippen LogP contribution in [0.3, 0.4) is 0 Å². The van der Waals surface area contributed by atoms with E-state index in [0.29, 0.717) is 6.61 Å². The molecule has 0 aromatic heterocycles. The number of unbranched alkanes of at least 4 members (excludes halogenated alkanes) is 1. The van der Waals surface area contributed by atoms with Crippen molar-refractivity contribution in [3.05, 3.63) is 12.3 Å². The van der Waals surface area contributed by atoms with Gasteiger partial charge in [0, 0.05) is 0 Å². The Bertz CT molecular complexity index is 162. The molecule has 0 saturated carbocycles. The molecule has 0 unspecified atom stereocenters. The van der Waals surface area contributed by atoms with Gasteiger partial charge in [-0.15, -0.1) is 0 Å². The molecule has 0 spiro atoms. The van der Waals surface area contributed by atoms with Crippen molar-refractivity contribution in [2.24, 2.45) is 0 Å². The summed E-state index contributed by atoms with van der Waals surface area (Å²) in [6, 6.07) is 0. The fourth-order valence-electron chi connectivity index (χ4n) is 0.617. The predicted molar refractivity (Wildman–Crippen MR) is 51.2 cm³/mol. The number of hydrogen-bond donors (Lipinski definition) is 0. The predicted octanol–water partition coefficient (Wildman–Crippen LogP) is 2.27. The van der Waals surface area contributed by atoms with Crippen LogP contribution in [-0.4, -0.2) is 18.7 Å². The minimum absolute atomic E-state index is 0.0969. The molecule has 0 saturated heterocycles. The molecule has 0 aliphatic heterocycles. The molecule has 3 nitrogen and oxygen atoms in total. The zero-order valence-electron chi connectivity index (χ0n) is 8.58. The van der Waals surface area contributed by atoms with E-state index in [0.717, 1.165) is 12.8 Å². The van der Waals surface area contributed by atoms with Crippen molar-refractivity contribution in [1.29, 1.82) is 0 Å². The maximum atomic E-state index is 10.9. The van der Waals surface area contributed by atoms with Crippen LogP contribution in [0.5, 0.6) is 0 Å². The van der Waals surface area contributed by atoms with E-state index in [4.69, 9.17) is 9.47 Å². The molecular weight excluding hydrogens is 168 g/mol. The zero-order valence-corrected chi connectivity index (χ0v) is 8.58. The van der Waals surface area contributed by atoms with Gasteiger partial charge in [-0.1, -0.05) is 13.3 Å². The molecule has 0 aliphatic rings. The van der Waals surface area contributed by atoms with Crippen molar-refractivity contribution in [3.8, 4) is 0 Å². The van der Waals surface area contributed by atoms with Gasteiger partial charge in [-0.25, -0.2) is 4.79 Å². The molecule has 0 aliphatic carbocycles. The first kappa shape index (κ1) is 12.0. The fraction of sp³-hybridized carbons (Fsp3) is 0.700. The van der Waals surface area contributed by atoms with Gasteiger partial charge in [0.2, 0.25) is 0 Å². The average Bonchev–Trinajstić information content (AvgIpc) is 2.04. The number of esters is 1. The minimum Gasteiger partial charge on any atom is -0.498 e. The van der Waals surface area contributed by atoms with Crippen LogP contribution in [0.15, 0.2) is 12.3 Å². The van der Waals surface area contributed by atoms with E-state index in [9.17, 15) is 4.79 Å². The van der Waals surface area contributed by atoms with E-state index in [1.165, 1.54) is 12.3 Å². The van der Waals surface area contributed by atoms with E-state index < -0.39 is 0 Å². The quantitative estimate of drug-likeness (QED) is 0.276. The molecule has 0 fully saturated rings. The second-order valence-corrected chi connectivity index (χ2v) is 3.01. The van der Waals surface area contributed by atoms with Crippen molar-refractivity contribution in [2.45, 2.75) is 39.7 Å². The number of ether oxygens (including phenoxy) is 2. The molecule has 0 atom stereocenters. The summed E-state index contributed by atoms with van der Waals surface area (Å²) in [5.41, 5.74) is 0. The lowest BCUT2D eigenvalue weighted by Gasteiger charge is -2.02. The van der Waals surface area contributed by atoms with E-state index in [2.05, 4.69) is 0 Å². The Morgan fingerprint density at radius 2 is 2.15 bits per heavy atom. The first-order valence-electron chi connectivity index (χ1n) is 4.65. The molecule has 0 N–H and O–H groups in total. The van der Waals surface area contributed by atoms with E-state index in [1.807, 2.05) is 20.8 Å². The second kappa shape index (κ2) is 7.65. The highest BCUT2D eigenvalue weighted by Gasteiger charge is 1.95. The normalized spacial score (nSPS) is 10.8. The number of carbonyl (C=O) groups excluding carboxylic acids is 1. The van der Waals surface area contributed by atoms with Gasteiger partial charge in [-0.05, 0) is 20.3 Å². The van der Waals surface area contributed by atoms with Gasteiger partial charge in [0.1, 0.15) is 0 Å². The van der Waals surface area contributed by atoms with Crippen molar-refractivity contribution in [2.75, 3.05) is 6.61 Å². The third-order valence-corrected chi connectivity index (χ3v) is 1.30. The van der Waals surface area contributed by atoms with Crippen LogP contribution < -0.4 is 0 Å². The molecule has 0 heterocycles. The summed E-state index contributed by atoms with van der Waals surface area (Å²) in [5.74, 6) is -0.339. The van der Waals surface area contributed by atoms with Crippen LogP contribution in [0.2, 0.25) is 0 Å². The van der Waals surface area contributed by atoms with Gasteiger partial charge in [0.15, 0.2) is 0 Å². The Morgan fingerprint density at radius 1 is 1.46 bits per heavy atom. The molecular formula is C10H18O3. The molecule has 0 amide bonds. The third-order valence-electron chi connectivity index (χ3n) is 1.30. The summed E-state index contributed by atoms with van der Waals surface area (Å²) in [5, 5.41) is 0. The summed E-state index contributed by atoms with van der Waals surface area (Å²) in [6.45, 7) is 6.33. The van der Waals surface area contributed by atoms with Gasteiger partial charge in [0.25, 0.3) is 0 Å². The first-order valence-corrected chi connectivity index (χ1v) is 4.65. The van der Waals surface area contributed by atoms with Gasteiger partial charge in [-0.3, -0.25) is 0 Å². The molecule has 0 radical (unpaired) electrons. The van der Waals surface area contributed by atoms with Crippen molar-refractivity contribution in [1.82, 2.24) is 0 Å². The van der Waals surface area contributed by atoms with Crippen LogP contribution in [0.25, 0.3) is 0 Å². The summed E-state index contributed by atoms with van der Waals surface area (Å²) in [6.07, 6.45) is 4.71. The number of hydrogen-bond acceptors (Lipinski definition) is 3. The Kier molecular flexibility index (Phi) is 7.07. The zero-order chi connectivity index (χ0) is 10.1. The molecule has 0 aromatic rings. The Balaban J connectivity index is 3.44. The molecule has 76 valence electrons. The Labute approximate surface area is 79.7 Å². The largest absolute Gasteiger partial charge is 0.498 e. The molecule has 0 aromatic carbocycles. The molecule has 0 bridgehead atoms. The SMILES string of the molecule is CCCCOC(=O)C=COC(C)C. The summed E-state index contributed by atoms with van der Waals surface area (Å²) in [7, 11) is 0. The van der Waals surface area contributed by atoms with Crippen LogP contribution in [0.4, 0.5) is 0 Å². The highest BCUT2D eigenvalue weighted by atomic mass is 16.5. The second-order valence-electron chi connectivity index (χ2n) is 3.01. The lowest BCUT2D eigenvalue weighted by molar-refractivity contribution is -0.138. The summed E-state index contributed by atoms with van der Waals surface area (Å²) < 4.78 is 9.90. The monoisotopic (exact) mass is 186 g/mol. The van der Waals surface area contributed by atoms with E-state index in [1.54, 1.807) is 0 Å². The molecule has 3 heteroatoms. The van der Waals surface area contributed by atoms with Gasteiger partial charge < -0.3 is 9.47 Å². The first-order chi connectivity index (χ1) is 6.16. The highest BCUT2D eigenvalue weighted by Crippen LogP contribution is 1.92. The van der Waals surface area contributed by atoms with E-state index in [-0.39, 0.29) is 12.1 Å². The Hall–Kier alpha value is -0.990. The van der Waals surface area contributed by atoms with Crippen molar-refractivity contribution >= 4 is 5.97 Å². The van der Waals surface area contributed by atoms with Crippen molar-refractivity contribution < 1.29 is 14.3 Å². The lowest BCUT2D eigenvalue weighted by atomic mass is 10.4. The third kappa shape index (κ3) is 8.92. The van der Waals surface area contributed by atoms with Gasteiger partial charge in [0.05, 0.1) is 25.0 Å². The maximum Gasteiger partial charge on any atom is 0.333 e. The summed E-state index contributed by atoms with van der Waals surface area (Å²) >= 11 is 0. The molecule has 13 heavy (non-hydrogen) atoms. The smallest absolute Gasteiger partial charge is 0.333 e. The fourth-order valence-corrected chi connectivity index (χ4v) is 0.617. The number of carbonyl (C=O) groups is 1. The maximum absolute atomic E-state index is 10.9. The van der Waals surface area contributed by atoms with Crippen molar-refractivity contribution in [3.63, 3.8) is 0 Å². The Morgan fingerprint density at radius 3 is 2.69 bits per heavy atom. The van der Waals surface area contributed by atoms with Gasteiger partial charge in [-0.2, -0.15) is 0 Å². The van der Waals surface area contributed by atoms with Crippen LogP contribution in [0.1, 0.15) is 33.6 Å². The van der Waals surface area contributed by atoms with Gasteiger partial charge >= 0.3 is 5.97 Å². The van der Waals surface area contributed by atoms with E-state index >= 15 is 0 Å². The standard InChI is InChI=1S/C10H18O3/c1-4-5-7-13-10(11)6-8-12-9(2)3/h6,8-9H,4-5,7H2,1-3H3. The highest BCUT2D eigenvalue weighted by molar-refractivity contribution is 5.81. The van der Waals surface area contributed by atoms with Crippen LogP contribution >= 0.6 is 0 Å². The van der Waals surface area contributed by atoms with Crippen LogP contribution in [-0.2, 0) is 14.3 Å². The average molecular weight is 186 g/mol. The lowest BCUT2D eigenvalue weighted by Crippen LogP contribution is -2.03. The minimum atomic E-state index is -0.339.